The second kappa shape index (κ2) is 6.27. The van der Waals surface area contributed by atoms with E-state index >= 15 is 0 Å². The minimum Gasteiger partial charge on any atom is -0.492 e. The zero-order chi connectivity index (χ0) is 11.9. The summed E-state index contributed by atoms with van der Waals surface area (Å²) in [6.07, 6.45) is 3.61. The third-order valence-electron chi connectivity index (χ3n) is 3.19. The van der Waals surface area contributed by atoms with Crippen molar-refractivity contribution in [2.75, 3.05) is 19.7 Å². The van der Waals surface area contributed by atoms with Crippen molar-refractivity contribution >= 4 is 0 Å². The molecule has 0 saturated carbocycles. The molecule has 0 radical (unpaired) electrons. The maximum Gasteiger partial charge on any atom is 0.137 e. The first-order chi connectivity index (χ1) is 8.40. The first kappa shape index (κ1) is 11.9. The largest absolute Gasteiger partial charge is 0.492 e. The van der Waals surface area contributed by atoms with E-state index in [4.69, 9.17) is 10.00 Å². The summed E-state index contributed by atoms with van der Waals surface area (Å²) in [5.74, 6) is 1.43. The zero-order valence-electron chi connectivity index (χ0n) is 9.98. The Hall–Kier alpha value is -1.53. The molecule has 1 fully saturated rings. The lowest BCUT2D eigenvalue weighted by molar-refractivity contribution is 0.253. The third kappa shape index (κ3) is 3.47. The molecule has 0 bridgehead atoms. The molecule has 2 rings (SSSR count). The van der Waals surface area contributed by atoms with Gasteiger partial charge in [0.15, 0.2) is 0 Å². The predicted octanol–water partition coefficient (Wildman–Crippen LogP) is 2.33. The average Bonchev–Trinajstić information content (AvgIpc) is 2.40. The summed E-state index contributed by atoms with van der Waals surface area (Å²) in [5.41, 5.74) is 0.620. The summed E-state index contributed by atoms with van der Waals surface area (Å²) in [6, 6.07) is 9.55. The SMILES string of the molecule is N#Cc1ccccc1OCCC1CCCNC1. The maximum absolute atomic E-state index is 8.93. The molecule has 1 aromatic carbocycles. The molecule has 1 atom stereocenters. The number of benzene rings is 1. The van der Waals surface area contributed by atoms with Crippen LogP contribution in [0.2, 0.25) is 0 Å². The summed E-state index contributed by atoms with van der Waals surface area (Å²) < 4.78 is 5.68. The van der Waals surface area contributed by atoms with E-state index in [0.717, 1.165) is 25.4 Å². The summed E-state index contributed by atoms with van der Waals surface area (Å²) in [4.78, 5) is 0. The molecule has 0 aliphatic carbocycles. The predicted molar refractivity (Wildman–Crippen MR) is 66.9 cm³/mol. The van der Waals surface area contributed by atoms with Gasteiger partial charge in [-0.1, -0.05) is 12.1 Å². The molecule has 3 nitrogen and oxygen atoms in total. The fraction of sp³-hybridized carbons (Fsp3) is 0.500. The minimum atomic E-state index is 0.620. The van der Waals surface area contributed by atoms with Crippen LogP contribution in [0.15, 0.2) is 24.3 Å². The fourth-order valence-electron chi connectivity index (χ4n) is 2.19. The van der Waals surface area contributed by atoms with E-state index in [1.165, 1.54) is 12.8 Å². The molecule has 3 heteroatoms. The van der Waals surface area contributed by atoms with Gasteiger partial charge in [0.25, 0.3) is 0 Å². The third-order valence-corrected chi connectivity index (χ3v) is 3.19. The Labute approximate surface area is 102 Å². The van der Waals surface area contributed by atoms with Crippen LogP contribution >= 0.6 is 0 Å². The van der Waals surface area contributed by atoms with Crippen LogP contribution < -0.4 is 10.1 Å². The molecule has 1 saturated heterocycles. The standard InChI is InChI=1S/C14H18N2O/c15-10-13-5-1-2-6-14(13)17-9-7-12-4-3-8-16-11-12/h1-2,5-6,12,16H,3-4,7-9,11H2. The molecule has 17 heavy (non-hydrogen) atoms. The second-order valence-corrected chi connectivity index (χ2v) is 4.46. The van der Waals surface area contributed by atoms with Crippen molar-refractivity contribution in [3.05, 3.63) is 29.8 Å². The quantitative estimate of drug-likeness (QED) is 0.863. The van der Waals surface area contributed by atoms with Crippen LogP contribution in [0.25, 0.3) is 0 Å². The molecule has 90 valence electrons. The number of rotatable bonds is 4. The molecule has 0 amide bonds. The highest BCUT2D eigenvalue weighted by molar-refractivity contribution is 5.42. The van der Waals surface area contributed by atoms with E-state index in [2.05, 4.69) is 11.4 Å². The van der Waals surface area contributed by atoms with Gasteiger partial charge in [0, 0.05) is 0 Å². The summed E-state index contributed by atoms with van der Waals surface area (Å²) in [7, 11) is 0. The molecule has 0 spiro atoms. The molecular formula is C14H18N2O. The number of hydrogen-bond donors (Lipinski definition) is 1. The number of piperidine rings is 1. The summed E-state index contributed by atoms with van der Waals surface area (Å²) in [5, 5.41) is 12.3. The van der Waals surface area contributed by atoms with E-state index in [1.807, 2.05) is 18.2 Å². The Morgan fingerprint density at radius 1 is 1.41 bits per heavy atom. The normalized spacial score (nSPS) is 19.6. The van der Waals surface area contributed by atoms with Crippen LogP contribution in [0.1, 0.15) is 24.8 Å². The van der Waals surface area contributed by atoms with Crippen molar-refractivity contribution < 1.29 is 4.74 Å². The molecule has 1 aromatic rings. The number of para-hydroxylation sites is 1. The van der Waals surface area contributed by atoms with Gasteiger partial charge in [-0.2, -0.15) is 5.26 Å². The van der Waals surface area contributed by atoms with Crippen molar-refractivity contribution in [1.82, 2.24) is 5.32 Å². The maximum atomic E-state index is 8.93. The number of nitrogens with zero attached hydrogens (tertiary/aromatic N) is 1. The fourth-order valence-corrected chi connectivity index (χ4v) is 2.19. The minimum absolute atomic E-state index is 0.620. The molecule has 1 aliphatic heterocycles. The summed E-state index contributed by atoms with van der Waals surface area (Å²) >= 11 is 0. The first-order valence-electron chi connectivity index (χ1n) is 6.23. The van der Waals surface area contributed by atoms with Gasteiger partial charge in [0.1, 0.15) is 11.8 Å². The monoisotopic (exact) mass is 230 g/mol. The van der Waals surface area contributed by atoms with Crippen molar-refractivity contribution in [3.8, 4) is 11.8 Å². The Morgan fingerprint density at radius 3 is 3.06 bits per heavy atom. The van der Waals surface area contributed by atoms with Crippen molar-refractivity contribution in [1.29, 1.82) is 5.26 Å². The molecule has 1 aliphatic rings. The number of nitriles is 1. The lowest BCUT2D eigenvalue weighted by atomic mass is 9.97. The topological polar surface area (TPSA) is 45.0 Å². The number of ether oxygens (including phenoxy) is 1. The van der Waals surface area contributed by atoms with Crippen molar-refractivity contribution in [3.63, 3.8) is 0 Å². The van der Waals surface area contributed by atoms with E-state index < -0.39 is 0 Å². The Balaban J connectivity index is 1.79. The molecule has 0 aromatic heterocycles. The van der Waals surface area contributed by atoms with Gasteiger partial charge in [-0.05, 0) is 50.4 Å². The highest BCUT2D eigenvalue weighted by atomic mass is 16.5. The van der Waals surface area contributed by atoms with Gasteiger partial charge in [0.05, 0.1) is 12.2 Å². The van der Waals surface area contributed by atoms with E-state index in [1.54, 1.807) is 6.07 Å². The molecule has 1 heterocycles. The molecule has 1 N–H and O–H groups in total. The van der Waals surface area contributed by atoms with E-state index in [9.17, 15) is 0 Å². The zero-order valence-corrected chi connectivity index (χ0v) is 9.98. The molecule has 1 unspecified atom stereocenters. The van der Waals surface area contributed by atoms with Crippen LogP contribution in [-0.2, 0) is 0 Å². The van der Waals surface area contributed by atoms with Crippen LogP contribution in [0.5, 0.6) is 5.75 Å². The molecular weight excluding hydrogens is 212 g/mol. The van der Waals surface area contributed by atoms with Crippen LogP contribution in [0.3, 0.4) is 0 Å². The van der Waals surface area contributed by atoms with Gasteiger partial charge in [-0.3, -0.25) is 0 Å². The van der Waals surface area contributed by atoms with Crippen molar-refractivity contribution in [2.45, 2.75) is 19.3 Å². The van der Waals surface area contributed by atoms with Crippen LogP contribution in [0.4, 0.5) is 0 Å². The lowest BCUT2D eigenvalue weighted by Crippen LogP contribution is -2.30. The highest BCUT2D eigenvalue weighted by Gasteiger charge is 2.12. The van der Waals surface area contributed by atoms with Crippen molar-refractivity contribution in [2.24, 2.45) is 5.92 Å². The number of nitrogens with one attached hydrogen (secondary N) is 1. The lowest BCUT2D eigenvalue weighted by Gasteiger charge is -2.22. The highest BCUT2D eigenvalue weighted by Crippen LogP contribution is 2.19. The van der Waals surface area contributed by atoms with Gasteiger partial charge < -0.3 is 10.1 Å². The van der Waals surface area contributed by atoms with E-state index in [-0.39, 0.29) is 0 Å². The van der Waals surface area contributed by atoms with E-state index in [0.29, 0.717) is 17.9 Å². The van der Waals surface area contributed by atoms with Crippen LogP contribution in [-0.4, -0.2) is 19.7 Å². The van der Waals surface area contributed by atoms with Gasteiger partial charge in [-0.15, -0.1) is 0 Å². The average molecular weight is 230 g/mol. The Morgan fingerprint density at radius 2 is 2.29 bits per heavy atom. The van der Waals surface area contributed by atoms with Gasteiger partial charge in [-0.25, -0.2) is 0 Å². The van der Waals surface area contributed by atoms with Gasteiger partial charge in [0.2, 0.25) is 0 Å². The first-order valence-corrected chi connectivity index (χ1v) is 6.23. The second-order valence-electron chi connectivity index (χ2n) is 4.46. The van der Waals surface area contributed by atoms with Gasteiger partial charge >= 0.3 is 0 Å². The Kier molecular flexibility index (Phi) is 4.40. The Bertz CT molecular complexity index is 391. The number of hydrogen-bond acceptors (Lipinski definition) is 3. The smallest absolute Gasteiger partial charge is 0.137 e. The van der Waals surface area contributed by atoms with Crippen LogP contribution in [0, 0.1) is 17.2 Å². The summed E-state index contributed by atoms with van der Waals surface area (Å²) in [6.45, 7) is 2.95.